The molecule has 1 aromatic carbocycles. The zero-order valence-corrected chi connectivity index (χ0v) is 12.0. The van der Waals surface area contributed by atoms with Crippen LogP contribution >= 0.6 is 15.9 Å². The Kier molecular flexibility index (Phi) is 3.40. The summed E-state index contributed by atoms with van der Waals surface area (Å²) in [6.45, 7) is 2.71. The third-order valence-corrected chi connectivity index (χ3v) is 3.50. The summed E-state index contributed by atoms with van der Waals surface area (Å²) >= 11 is 3.46. The molecular formula is C14H13BrN2O2. The second kappa shape index (κ2) is 5.19. The molecule has 1 atom stereocenters. The van der Waals surface area contributed by atoms with Crippen LogP contribution in [-0.4, -0.2) is 5.16 Å². The molecule has 0 saturated heterocycles. The number of nitrogens with one attached hydrogen (secondary N) is 1. The lowest BCUT2D eigenvalue weighted by Crippen LogP contribution is -2.17. The fourth-order valence-electron chi connectivity index (χ4n) is 1.94. The second-order valence-corrected chi connectivity index (χ2v) is 5.34. The van der Waals surface area contributed by atoms with Crippen LogP contribution in [0.4, 0.5) is 0 Å². The normalized spacial score (nSPS) is 12.9. The summed E-state index contributed by atoms with van der Waals surface area (Å²) in [5.74, 6) is 0.914. The lowest BCUT2D eigenvalue weighted by molar-refractivity contribution is 0.400. The van der Waals surface area contributed by atoms with Crippen molar-refractivity contribution in [3.63, 3.8) is 0 Å². The highest BCUT2D eigenvalue weighted by atomic mass is 79.9. The van der Waals surface area contributed by atoms with E-state index in [9.17, 15) is 0 Å². The first kappa shape index (κ1) is 12.4. The average molecular weight is 321 g/mol. The van der Waals surface area contributed by atoms with Crippen molar-refractivity contribution in [3.8, 4) is 0 Å². The van der Waals surface area contributed by atoms with Gasteiger partial charge in [0.05, 0.1) is 11.7 Å². The monoisotopic (exact) mass is 320 g/mol. The van der Waals surface area contributed by atoms with Gasteiger partial charge < -0.3 is 14.3 Å². The van der Waals surface area contributed by atoms with Crippen LogP contribution in [0.15, 0.2) is 50.0 Å². The predicted molar refractivity (Wildman–Crippen MR) is 75.7 cm³/mol. The largest absolute Gasteiger partial charge is 0.459 e. The molecule has 0 spiro atoms. The molecule has 0 aliphatic heterocycles. The lowest BCUT2D eigenvalue weighted by atomic mass is 10.2. The highest BCUT2D eigenvalue weighted by Gasteiger charge is 2.11. The molecule has 98 valence electrons. The molecule has 19 heavy (non-hydrogen) atoms. The van der Waals surface area contributed by atoms with Gasteiger partial charge in [0.1, 0.15) is 17.6 Å². The number of benzene rings is 1. The quantitative estimate of drug-likeness (QED) is 0.788. The minimum atomic E-state index is 0.114. The fraction of sp³-hybridized carbons (Fsp3) is 0.214. The SMILES string of the molecule is CC(NCc1ccon1)c1cc2cc(Br)ccc2o1. The molecule has 0 aliphatic carbocycles. The van der Waals surface area contributed by atoms with Crippen LogP contribution in [0.25, 0.3) is 11.0 Å². The molecule has 1 N–H and O–H groups in total. The average Bonchev–Trinajstić information content (AvgIpc) is 3.04. The molecule has 3 rings (SSSR count). The van der Waals surface area contributed by atoms with Crippen LogP contribution in [0.2, 0.25) is 0 Å². The molecular weight excluding hydrogens is 308 g/mol. The van der Waals surface area contributed by atoms with Crippen LogP contribution in [0.3, 0.4) is 0 Å². The van der Waals surface area contributed by atoms with Gasteiger partial charge in [-0.05, 0) is 31.2 Å². The predicted octanol–water partition coefficient (Wildman–Crippen LogP) is 4.03. The molecule has 4 nitrogen and oxygen atoms in total. The summed E-state index contributed by atoms with van der Waals surface area (Å²) in [5.41, 5.74) is 1.78. The Morgan fingerprint density at radius 3 is 3.00 bits per heavy atom. The zero-order chi connectivity index (χ0) is 13.2. The van der Waals surface area contributed by atoms with Crippen molar-refractivity contribution in [1.82, 2.24) is 10.5 Å². The summed E-state index contributed by atoms with van der Waals surface area (Å²) in [4.78, 5) is 0. The van der Waals surface area contributed by atoms with Gasteiger partial charge >= 0.3 is 0 Å². The van der Waals surface area contributed by atoms with Gasteiger partial charge in [-0.3, -0.25) is 0 Å². The van der Waals surface area contributed by atoms with E-state index in [2.05, 4.69) is 39.4 Å². The van der Waals surface area contributed by atoms with E-state index in [0.29, 0.717) is 6.54 Å². The molecule has 0 radical (unpaired) electrons. The van der Waals surface area contributed by atoms with Crippen LogP contribution in [0, 0.1) is 0 Å². The van der Waals surface area contributed by atoms with Gasteiger partial charge in [0, 0.05) is 22.5 Å². The number of aromatic nitrogens is 1. The first-order valence-electron chi connectivity index (χ1n) is 6.04. The molecule has 0 bridgehead atoms. The first-order valence-corrected chi connectivity index (χ1v) is 6.83. The van der Waals surface area contributed by atoms with E-state index < -0.39 is 0 Å². The summed E-state index contributed by atoms with van der Waals surface area (Å²) < 4.78 is 11.7. The van der Waals surface area contributed by atoms with E-state index in [4.69, 9.17) is 8.94 Å². The van der Waals surface area contributed by atoms with Gasteiger partial charge in [-0.2, -0.15) is 0 Å². The number of halogens is 1. The van der Waals surface area contributed by atoms with Crippen LogP contribution in [-0.2, 0) is 6.54 Å². The Hall–Kier alpha value is -1.59. The lowest BCUT2D eigenvalue weighted by Gasteiger charge is -2.09. The summed E-state index contributed by atoms with van der Waals surface area (Å²) in [6.07, 6.45) is 1.57. The topological polar surface area (TPSA) is 51.2 Å². The third-order valence-electron chi connectivity index (χ3n) is 3.00. The van der Waals surface area contributed by atoms with Gasteiger partial charge in [-0.15, -0.1) is 0 Å². The molecule has 0 amide bonds. The Morgan fingerprint density at radius 2 is 2.21 bits per heavy atom. The van der Waals surface area contributed by atoms with Crippen molar-refractivity contribution in [1.29, 1.82) is 0 Å². The van der Waals surface area contributed by atoms with Gasteiger partial charge in [-0.1, -0.05) is 21.1 Å². The molecule has 1 unspecified atom stereocenters. The van der Waals surface area contributed by atoms with Gasteiger partial charge in [-0.25, -0.2) is 0 Å². The van der Waals surface area contributed by atoms with E-state index in [1.807, 2.05) is 24.3 Å². The van der Waals surface area contributed by atoms with E-state index in [1.165, 1.54) is 0 Å². The Balaban J connectivity index is 1.75. The van der Waals surface area contributed by atoms with E-state index in [-0.39, 0.29) is 6.04 Å². The first-order chi connectivity index (χ1) is 9.22. The van der Waals surface area contributed by atoms with Gasteiger partial charge in [0.2, 0.25) is 0 Å². The Bertz CT molecular complexity index is 676. The maximum Gasteiger partial charge on any atom is 0.134 e. The number of fused-ring (bicyclic) bond motifs is 1. The summed E-state index contributed by atoms with van der Waals surface area (Å²) in [7, 11) is 0. The van der Waals surface area contributed by atoms with Crippen molar-refractivity contribution in [2.24, 2.45) is 0 Å². The Labute approximate surface area is 118 Å². The van der Waals surface area contributed by atoms with E-state index in [1.54, 1.807) is 6.26 Å². The second-order valence-electron chi connectivity index (χ2n) is 4.42. The minimum Gasteiger partial charge on any atom is -0.459 e. The van der Waals surface area contributed by atoms with Crippen molar-refractivity contribution >= 4 is 26.9 Å². The third kappa shape index (κ3) is 2.72. The van der Waals surface area contributed by atoms with Gasteiger partial charge in [0.25, 0.3) is 0 Å². The maximum absolute atomic E-state index is 5.83. The zero-order valence-electron chi connectivity index (χ0n) is 10.4. The molecule has 2 aromatic heterocycles. The highest BCUT2D eigenvalue weighted by molar-refractivity contribution is 9.10. The molecule has 0 fully saturated rings. The highest BCUT2D eigenvalue weighted by Crippen LogP contribution is 2.26. The number of hydrogen-bond acceptors (Lipinski definition) is 4. The smallest absolute Gasteiger partial charge is 0.134 e. The van der Waals surface area contributed by atoms with Crippen molar-refractivity contribution in [3.05, 3.63) is 52.5 Å². The molecule has 0 saturated carbocycles. The maximum atomic E-state index is 5.83. The van der Waals surface area contributed by atoms with Crippen molar-refractivity contribution in [2.45, 2.75) is 19.5 Å². The Morgan fingerprint density at radius 1 is 1.32 bits per heavy atom. The van der Waals surface area contributed by atoms with Crippen LogP contribution in [0.1, 0.15) is 24.4 Å². The number of furan rings is 1. The molecule has 2 heterocycles. The molecule has 0 aliphatic rings. The van der Waals surface area contributed by atoms with Crippen LogP contribution < -0.4 is 5.32 Å². The standard InChI is InChI=1S/C14H13BrN2O2/c1-9(16-8-12-4-5-18-17-12)14-7-10-6-11(15)2-3-13(10)19-14/h2-7,9,16H,8H2,1H3. The fourth-order valence-corrected chi connectivity index (χ4v) is 2.31. The van der Waals surface area contributed by atoms with E-state index in [0.717, 1.165) is 26.9 Å². The van der Waals surface area contributed by atoms with Crippen molar-refractivity contribution < 1.29 is 8.94 Å². The molecule has 3 aromatic rings. The number of nitrogens with zero attached hydrogens (tertiary/aromatic N) is 1. The van der Waals surface area contributed by atoms with Crippen LogP contribution in [0.5, 0.6) is 0 Å². The number of rotatable bonds is 4. The van der Waals surface area contributed by atoms with E-state index >= 15 is 0 Å². The summed E-state index contributed by atoms with van der Waals surface area (Å²) in [5, 5.41) is 8.31. The number of hydrogen-bond donors (Lipinski definition) is 1. The van der Waals surface area contributed by atoms with Gasteiger partial charge in [0.15, 0.2) is 0 Å². The molecule has 5 heteroatoms. The minimum absolute atomic E-state index is 0.114. The van der Waals surface area contributed by atoms with Crippen molar-refractivity contribution in [2.75, 3.05) is 0 Å². The summed E-state index contributed by atoms with van der Waals surface area (Å²) in [6, 6.07) is 10.0.